The van der Waals surface area contributed by atoms with Crippen LogP contribution in [-0.2, 0) is 9.59 Å². The number of carbonyl (C=O) groups excluding carboxylic acids is 2. The maximum absolute atomic E-state index is 11.9. The van der Waals surface area contributed by atoms with Crippen LogP contribution in [0.25, 0.3) is 0 Å². The van der Waals surface area contributed by atoms with E-state index in [1.54, 1.807) is 0 Å². The summed E-state index contributed by atoms with van der Waals surface area (Å²) in [6, 6.07) is -0.555. The maximum atomic E-state index is 11.9. The molecule has 1 rings (SSSR count). The lowest BCUT2D eigenvalue weighted by Crippen LogP contribution is -2.45. The van der Waals surface area contributed by atoms with E-state index in [0.717, 1.165) is 12.8 Å². The van der Waals surface area contributed by atoms with Gasteiger partial charge in [0.15, 0.2) is 0 Å². The minimum atomic E-state index is -1.21. The van der Waals surface area contributed by atoms with E-state index in [1.165, 1.54) is 18.7 Å². The molecule has 6 heteroatoms. The standard InChI is InChI=1S/C14H20N2O4/c1-4-7-16(9-10-5-6-10)13(20)15-11(17)8-14(2,3)12(18)19/h1,10H,5-9H2,2-3H3,(H,18,19)(H,15,17,20). The van der Waals surface area contributed by atoms with E-state index in [-0.39, 0.29) is 13.0 Å². The second kappa shape index (κ2) is 6.42. The molecule has 0 aromatic rings. The van der Waals surface area contributed by atoms with Crippen molar-refractivity contribution in [2.45, 2.75) is 33.1 Å². The summed E-state index contributed by atoms with van der Waals surface area (Å²) < 4.78 is 0. The van der Waals surface area contributed by atoms with Crippen molar-refractivity contribution in [1.82, 2.24) is 10.2 Å². The maximum Gasteiger partial charge on any atom is 0.324 e. The van der Waals surface area contributed by atoms with Crippen molar-refractivity contribution in [1.29, 1.82) is 0 Å². The molecular formula is C14H20N2O4. The minimum absolute atomic E-state index is 0.137. The number of rotatable bonds is 6. The van der Waals surface area contributed by atoms with E-state index < -0.39 is 23.3 Å². The Kier molecular flexibility index (Phi) is 5.14. The molecule has 0 aliphatic heterocycles. The summed E-state index contributed by atoms with van der Waals surface area (Å²) >= 11 is 0. The molecule has 110 valence electrons. The molecule has 0 radical (unpaired) electrons. The average Bonchev–Trinajstić information content (AvgIpc) is 3.11. The Morgan fingerprint density at radius 3 is 2.45 bits per heavy atom. The van der Waals surface area contributed by atoms with Crippen LogP contribution in [0, 0.1) is 23.7 Å². The van der Waals surface area contributed by atoms with Gasteiger partial charge in [-0.3, -0.25) is 14.9 Å². The number of hydrogen-bond donors (Lipinski definition) is 2. The van der Waals surface area contributed by atoms with Gasteiger partial charge in [0.1, 0.15) is 0 Å². The van der Waals surface area contributed by atoms with Crippen LogP contribution in [0.15, 0.2) is 0 Å². The Balaban J connectivity index is 2.52. The number of urea groups is 1. The fourth-order valence-corrected chi connectivity index (χ4v) is 1.66. The van der Waals surface area contributed by atoms with Gasteiger partial charge in [0.2, 0.25) is 5.91 Å². The molecule has 0 spiro atoms. The number of hydrogen-bond acceptors (Lipinski definition) is 3. The van der Waals surface area contributed by atoms with Gasteiger partial charge in [-0.2, -0.15) is 0 Å². The van der Waals surface area contributed by atoms with Crippen molar-refractivity contribution in [3.63, 3.8) is 0 Å². The van der Waals surface area contributed by atoms with E-state index in [1.807, 2.05) is 0 Å². The number of carbonyl (C=O) groups is 3. The number of nitrogens with one attached hydrogen (secondary N) is 1. The smallest absolute Gasteiger partial charge is 0.324 e. The first-order valence-electron chi connectivity index (χ1n) is 6.52. The van der Waals surface area contributed by atoms with Crippen molar-refractivity contribution < 1.29 is 19.5 Å². The van der Waals surface area contributed by atoms with Crippen LogP contribution in [0.3, 0.4) is 0 Å². The zero-order valence-electron chi connectivity index (χ0n) is 11.8. The Morgan fingerprint density at radius 2 is 2.00 bits per heavy atom. The van der Waals surface area contributed by atoms with Crippen molar-refractivity contribution in [2.75, 3.05) is 13.1 Å². The fourth-order valence-electron chi connectivity index (χ4n) is 1.66. The predicted molar refractivity (Wildman–Crippen MR) is 72.7 cm³/mol. The summed E-state index contributed by atoms with van der Waals surface area (Å²) in [4.78, 5) is 36.0. The van der Waals surface area contributed by atoms with Crippen LogP contribution in [0.4, 0.5) is 4.79 Å². The molecule has 0 unspecified atom stereocenters. The molecule has 1 aliphatic rings. The lowest BCUT2D eigenvalue weighted by Gasteiger charge is -2.22. The molecule has 1 fully saturated rings. The van der Waals surface area contributed by atoms with Gasteiger partial charge in [0, 0.05) is 13.0 Å². The monoisotopic (exact) mass is 280 g/mol. The first kappa shape index (κ1) is 16.0. The van der Waals surface area contributed by atoms with Crippen LogP contribution >= 0.6 is 0 Å². The molecule has 0 atom stereocenters. The van der Waals surface area contributed by atoms with Crippen molar-refractivity contribution >= 4 is 17.9 Å². The summed E-state index contributed by atoms with van der Waals surface area (Å²) in [6.07, 6.45) is 7.07. The molecule has 0 bridgehead atoms. The second-order valence-electron chi connectivity index (χ2n) is 5.75. The summed E-state index contributed by atoms with van der Waals surface area (Å²) in [5.41, 5.74) is -1.21. The number of amides is 3. The number of nitrogens with zero attached hydrogens (tertiary/aromatic N) is 1. The summed E-state index contributed by atoms with van der Waals surface area (Å²) in [7, 11) is 0. The SMILES string of the molecule is C#CCN(CC1CC1)C(=O)NC(=O)CC(C)(C)C(=O)O. The van der Waals surface area contributed by atoms with Gasteiger partial charge in [0.25, 0.3) is 0 Å². The Bertz CT molecular complexity index is 447. The second-order valence-corrected chi connectivity index (χ2v) is 5.75. The zero-order valence-corrected chi connectivity index (χ0v) is 11.8. The summed E-state index contributed by atoms with van der Waals surface area (Å²) in [5, 5.41) is 11.1. The molecular weight excluding hydrogens is 260 g/mol. The van der Waals surface area contributed by atoms with Crippen molar-refractivity contribution in [3.05, 3.63) is 0 Å². The molecule has 6 nitrogen and oxygen atoms in total. The molecule has 0 saturated heterocycles. The topological polar surface area (TPSA) is 86.7 Å². The first-order chi connectivity index (χ1) is 9.26. The third-order valence-corrected chi connectivity index (χ3v) is 3.17. The molecule has 0 aromatic carbocycles. The number of carboxylic acids is 1. The van der Waals surface area contributed by atoms with Crippen LogP contribution in [0.5, 0.6) is 0 Å². The van der Waals surface area contributed by atoms with Gasteiger partial charge in [-0.1, -0.05) is 5.92 Å². The van der Waals surface area contributed by atoms with Gasteiger partial charge in [-0.05, 0) is 32.6 Å². The van der Waals surface area contributed by atoms with Crippen LogP contribution < -0.4 is 5.32 Å². The summed E-state index contributed by atoms with van der Waals surface area (Å²) in [5.74, 6) is 1.14. The highest BCUT2D eigenvalue weighted by Gasteiger charge is 2.32. The average molecular weight is 280 g/mol. The molecule has 3 amide bonds. The molecule has 20 heavy (non-hydrogen) atoms. The lowest BCUT2D eigenvalue weighted by atomic mass is 9.89. The van der Waals surface area contributed by atoms with Crippen molar-refractivity contribution in [2.24, 2.45) is 11.3 Å². The number of imide groups is 1. The van der Waals surface area contributed by atoms with Crippen molar-refractivity contribution in [3.8, 4) is 12.3 Å². The quantitative estimate of drug-likeness (QED) is 0.712. The van der Waals surface area contributed by atoms with E-state index in [0.29, 0.717) is 12.5 Å². The van der Waals surface area contributed by atoms with Gasteiger partial charge in [-0.25, -0.2) is 4.79 Å². The highest BCUT2D eigenvalue weighted by atomic mass is 16.4. The first-order valence-corrected chi connectivity index (χ1v) is 6.52. The Hall–Kier alpha value is -2.03. The zero-order chi connectivity index (χ0) is 15.3. The fraction of sp³-hybridized carbons (Fsp3) is 0.643. The van der Waals surface area contributed by atoms with E-state index >= 15 is 0 Å². The highest BCUT2D eigenvalue weighted by Crippen LogP contribution is 2.29. The Labute approximate surface area is 118 Å². The largest absolute Gasteiger partial charge is 0.481 e. The van der Waals surface area contributed by atoms with E-state index in [4.69, 9.17) is 11.5 Å². The van der Waals surface area contributed by atoms with E-state index in [9.17, 15) is 14.4 Å². The third kappa shape index (κ3) is 4.92. The van der Waals surface area contributed by atoms with Crippen LogP contribution in [0.1, 0.15) is 33.1 Å². The van der Waals surface area contributed by atoms with Crippen LogP contribution in [-0.4, -0.2) is 41.0 Å². The van der Waals surface area contributed by atoms with Crippen LogP contribution in [0.2, 0.25) is 0 Å². The molecule has 0 heterocycles. The van der Waals surface area contributed by atoms with Gasteiger partial charge >= 0.3 is 12.0 Å². The number of carboxylic acid groups (broad SMARTS) is 1. The van der Waals surface area contributed by atoms with E-state index in [2.05, 4.69) is 11.2 Å². The van der Waals surface area contributed by atoms with Gasteiger partial charge in [0.05, 0.1) is 12.0 Å². The summed E-state index contributed by atoms with van der Waals surface area (Å²) in [6.45, 7) is 3.54. The molecule has 1 aliphatic carbocycles. The third-order valence-electron chi connectivity index (χ3n) is 3.17. The molecule has 1 saturated carbocycles. The van der Waals surface area contributed by atoms with Gasteiger partial charge < -0.3 is 10.0 Å². The number of terminal acetylenes is 1. The number of aliphatic carboxylic acids is 1. The molecule has 0 aromatic heterocycles. The normalized spacial score (nSPS) is 14.2. The highest BCUT2D eigenvalue weighted by molar-refractivity contribution is 5.96. The molecule has 2 N–H and O–H groups in total. The Morgan fingerprint density at radius 1 is 1.40 bits per heavy atom. The van der Waals surface area contributed by atoms with Gasteiger partial charge in [-0.15, -0.1) is 6.42 Å². The lowest BCUT2D eigenvalue weighted by molar-refractivity contribution is -0.149. The predicted octanol–water partition coefficient (Wildman–Crippen LogP) is 1.07. The minimum Gasteiger partial charge on any atom is -0.481 e.